The van der Waals surface area contributed by atoms with Gasteiger partial charge in [-0.1, -0.05) is 13.8 Å². The highest BCUT2D eigenvalue weighted by Gasteiger charge is 2.57. The van der Waals surface area contributed by atoms with Crippen molar-refractivity contribution in [3.63, 3.8) is 0 Å². The minimum atomic E-state index is -0.704. The van der Waals surface area contributed by atoms with E-state index in [4.69, 9.17) is 10.5 Å². The number of carbonyl (C=O) groups is 3. The zero-order valence-electron chi connectivity index (χ0n) is 21.2. The van der Waals surface area contributed by atoms with Crippen molar-refractivity contribution >= 4 is 35.9 Å². The molecule has 2 unspecified atom stereocenters. The van der Waals surface area contributed by atoms with Gasteiger partial charge in [-0.3, -0.25) is 9.59 Å². The first-order valence-corrected chi connectivity index (χ1v) is 13.3. The Balaban J connectivity index is 1.52. The van der Waals surface area contributed by atoms with Gasteiger partial charge in [-0.25, -0.2) is 9.48 Å². The maximum Gasteiger partial charge on any atom is 0.405 e. The molecule has 0 aromatic carbocycles. The molecule has 9 nitrogen and oxygen atoms in total. The van der Waals surface area contributed by atoms with Gasteiger partial charge in [0.2, 0.25) is 5.91 Å². The average molecular weight is 504 g/mol. The van der Waals surface area contributed by atoms with Crippen LogP contribution in [-0.4, -0.2) is 50.1 Å². The van der Waals surface area contributed by atoms with Gasteiger partial charge in [0.25, 0.3) is 5.91 Å². The van der Waals surface area contributed by atoms with Crippen LogP contribution in [0.4, 0.5) is 4.79 Å². The fourth-order valence-electron chi connectivity index (χ4n) is 6.46. The van der Waals surface area contributed by atoms with Gasteiger partial charge in [0.15, 0.2) is 0 Å². The molecule has 35 heavy (non-hydrogen) atoms. The Bertz CT molecular complexity index is 1020. The first-order valence-electron chi connectivity index (χ1n) is 12.4. The molecule has 0 aliphatic heterocycles. The number of hydrogen-bond donors (Lipinski definition) is 3. The number of ether oxygens (including phenoxy) is 1. The molecular formula is C25H37N5O4S. The van der Waals surface area contributed by atoms with Crippen molar-refractivity contribution in [2.75, 3.05) is 0 Å². The Labute approximate surface area is 211 Å². The molecule has 2 atom stereocenters. The summed E-state index contributed by atoms with van der Waals surface area (Å²) in [4.78, 5) is 36.5. The topological polar surface area (TPSA) is 128 Å². The van der Waals surface area contributed by atoms with Crippen LogP contribution < -0.4 is 16.4 Å². The van der Waals surface area contributed by atoms with Crippen molar-refractivity contribution in [1.82, 2.24) is 20.4 Å². The number of nitrogens with two attached hydrogens (primary N) is 1. The molecule has 0 spiro atoms. The quantitative estimate of drug-likeness (QED) is 0.466. The highest BCUT2D eigenvalue weighted by molar-refractivity contribution is 7.99. The van der Waals surface area contributed by atoms with Crippen LogP contribution in [0, 0.1) is 17.8 Å². The highest BCUT2D eigenvalue weighted by atomic mass is 32.2. The highest BCUT2D eigenvalue weighted by Crippen LogP contribution is 2.57. The number of nitrogens with zero attached hydrogens (tertiary/aromatic N) is 2. The van der Waals surface area contributed by atoms with Gasteiger partial charge >= 0.3 is 6.09 Å². The minimum absolute atomic E-state index is 0.0538. The summed E-state index contributed by atoms with van der Waals surface area (Å²) >= 11 is 1.58. The van der Waals surface area contributed by atoms with Crippen molar-refractivity contribution in [3.8, 4) is 0 Å². The second-order valence-corrected chi connectivity index (χ2v) is 12.8. The SMILES string of the molecule is CC(=O)NC(C)(C)C=Cn1ncc(C(=O)NC2C3CC4CC2CC(OC(N)=O)(C4)C3)c1SC(C)C. The molecule has 192 valence electrons. The number of nitrogens with one attached hydrogen (secondary N) is 2. The van der Waals surface area contributed by atoms with E-state index in [1.807, 2.05) is 19.9 Å². The standard InChI is InChI=1S/C25H37N5O4S/c1-14(2)35-22-19(13-27-30(22)7-6-24(4,5)29-15(3)31)21(32)28-20-17-8-16-9-18(20)12-25(10-16,11-17)34-23(26)33/h6-7,13-14,16-18,20H,8-12H2,1-5H3,(H2,26,33)(H,28,32)(H,29,31). The van der Waals surface area contributed by atoms with Gasteiger partial charge in [-0.2, -0.15) is 5.10 Å². The molecule has 0 radical (unpaired) electrons. The molecular weight excluding hydrogens is 466 g/mol. The first-order chi connectivity index (χ1) is 16.4. The van der Waals surface area contributed by atoms with Gasteiger partial charge in [-0.05, 0) is 69.8 Å². The van der Waals surface area contributed by atoms with E-state index in [1.165, 1.54) is 6.92 Å². The van der Waals surface area contributed by atoms with Gasteiger partial charge in [0.05, 0.1) is 17.3 Å². The average Bonchev–Trinajstić information content (AvgIpc) is 3.08. The lowest BCUT2D eigenvalue weighted by atomic mass is 9.52. The van der Waals surface area contributed by atoms with Crippen LogP contribution in [0.25, 0.3) is 6.20 Å². The van der Waals surface area contributed by atoms with Crippen LogP contribution in [0.2, 0.25) is 0 Å². The summed E-state index contributed by atoms with van der Waals surface area (Å²) in [5.41, 5.74) is 4.90. The number of hydrogen-bond acceptors (Lipinski definition) is 6. The largest absolute Gasteiger partial charge is 0.443 e. The molecule has 10 heteroatoms. The van der Waals surface area contributed by atoms with Crippen LogP contribution in [0.5, 0.6) is 0 Å². The van der Waals surface area contributed by atoms with E-state index in [1.54, 1.807) is 28.8 Å². The monoisotopic (exact) mass is 503 g/mol. The molecule has 1 heterocycles. The number of thioether (sulfide) groups is 1. The first kappa shape index (κ1) is 25.6. The van der Waals surface area contributed by atoms with Crippen LogP contribution in [0.15, 0.2) is 17.3 Å². The van der Waals surface area contributed by atoms with Crippen molar-refractivity contribution in [1.29, 1.82) is 0 Å². The lowest BCUT2D eigenvalue weighted by molar-refractivity contribution is -0.137. The zero-order chi connectivity index (χ0) is 25.5. The van der Waals surface area contributed by atoms with Crippen LogP contribution in [0.1, 0.15) is 77.1 Å². The summed E-state index contributed by atoms with van der Waals surface area (Å²) in [5.74, 6) is 0.831. The summed E-state index contributed by atoms with van der Waals surface area (Å²) in [6.07, 6.45) is 9.04. The number of rotatable bonds is 8. The van der Waals surface area contributed by atoms with Crippen molar-refractivity contribution in [3.05, 3.63) is 17.8 Å². The molecule has 5 rings (SSSR count). The molecule has 4 N–H and O–H groups in total. The molecule has 4 aliphatic carbocycles. The maximum atomic E-state index is 13.5. The van der Waals surface area contributed by atoms with Crippen LogP contribution in [0.3, 0.4) is 0 Å². The maximum absolute atomic E-state index is 13.5. The number of aromatic nitrogens is 2. The van der Waals surface area contributed by atoms with Gasteiger partial charge in [-0.15, -0.1) is 11.8 Å². The van der Waals surface area contributed by atoms with E-state index in [0.29, 0.717) is 11.5 Å². The second kappa shape index (κ2) is 9.52. The molecule has 1 aromatic rings. The Morgan fingerprint density at radius 3 is 2.49 bits per heavy atom. The fraction of sp³-hybridized carbons (Fsp3) is 0.680. The van der Waals surface area contributed by atoms with Crippen molar-refractivity contribution in [2.24, 2.45) is 23.5 Å². The van der Waals surface area contributed by atoms with E-state index in [9.17, 15) is 14.4 Å². The van der Waals surface area contributed by atoms with E-state index in [-0.39, 0.29) is 34.9 Å². The lowest BCUT2D eigenvalue weighted by Gasteiger charge is -2.58. The molecule has 0 saturated heterocycles. The van der Waals surface area contributed by atoms with Crippen LogP contribution in [-0.2, 0) is 9.53 Å². The predicted octanol–water partition coefficient (Wildman–Crippen LogP) is 3.54. The van der Waals surface area contributed by atoms with Gasteiger partial charge in [0.1, 0.15) is 10.6 Å². The molecule has 4 saturated carbocycles. The smallest absolute Gasteiger partial charge is 0.405 e. The van der Waals surface area contributed by atoms with Crippen molar-refractivity contribution in [2.45, 2.75) is 94.2 Å². The summed E-state index contributed by atoms with van der Waals surface area (Å²) in [6, 6.07) is 0.0538. The summed E-state index contributed by atoms with van der Waals surface area (Å²) in [7, 11) is 0. The van der Waals surface area contributed by atoms with Crippen LogP contribution >= 0.6 is 11.8 Å². The summed E-state index contributed by atoms with van der Waals surface area (Å²) in [5, 5.41) is 11.7. The Kier molecular flexibility index (Phi) is 6.96. The van der Waals surface area contributed by atoms with E-state index in [2.05, 4.69) is 29.6 Å². The Morgan fingerprint density at radius 1 is 1.26 bits per heavy atom. The molecule has 3 amide bonds. The third-order valence-electron chi connectivity index (χ3n) is 7.30. The number of carbonyl (C=O) groups excluding carboxylic acids is 3. The van der Waals surface area contributed by atoms with E-state index < -0.39 is 17.2 Å². The van der Waals surface area contributed by atoms with E-state index in [0.717, 1.165) is 37.1 Å². The molecule has 4 fully saturated rings. The minimum Gasteiger partial charge on any atom is -0.443 e. The third kappa shape index (κ3) is 5.68. The third-order valence-corrected chi connectivity index (χ3v) is 8.41. The van der Waals surface area contributed by atoms with E-state index >= 15 is 0 Å². The number of primary amides is 1. The Hall–Kier alpha value is -2.49. The Morgan fingerprint density at radius 2 is 1.91 bits per heavy atom. The van der Waals surface area contributed by atoms with Gasteiger partial charge < -0.3 is 21.1 Å². The van der Waals surface area contributed by atoms with Crippen molar-refractivity contribution < 1.29 is 19.1 Å². The molecule has 1 aromatic heterocycles. The normalized spacial score (nSPS) is 29.5. The predicted molar refractivity (Wildman–Crippen MR) is 135 cm³/mol. The number of amides is 3. The summed E-state index contributed by atoms with van der Waals surface area (Å²) in [6.45, 7) is 9.43. The zero-order valence-corrected chi connectivity index (χ0v) is 22.0. The second-order valence-electron chi connectivity index (χ2n) is 11.3. The van der Waals surface area contributed by atoms with Gasteiger partial charge in [0, 0.05) is 24.4 Å². The molecule has 4 aliphatic rings. The fourth-order valence-corrected chi connectivity index (χ4v) is 7.39. The summed E-state index contributed by atoms with van der Waals surface area (Å²) < 4.78 is 7.31. The molecule has 4 bridgehead atoms. The lowest BCUT2D eigenvalue weighted by Crippen LogP contribution is -2.63.